The summed E-state index contributed by atoms with van der Waals surface area (Å²) < 4.78 is 35.2. The summed E-state index contributed by atoms with van der Waals surface area (Å²) >= 11 is 0. The first kappa shape index (κ1) is 29.0. The maximum absolute atomic E-state index is 8.24. The standard InChI is InChI=1S/C55H39N3/c1-55(2)47-31-27-36-33-46-42-30-32-50(57(39-21-11-5-12-22-39)40-23-13-6-14-24-40)53-44-25-15-16-26-49(44)58(54(42)53)51(46)35-45(36)52(47)43-29-28-41(34-48(43)55)56(37-17-7-3-8-18-37)38-19-9-4-10-20-38/h3-35H,1-2H3/i3D,4D,5D,6D. The van der Waals surface area contributed by atoms with Gasteiger partial charge in [0, 0.05) is 55.4 Å². The number of nitrogens with zero attached hydrogens (tertiary/aromatic N) is 3. The van der Waals surface area contributed by atoms with E-state index in [1.54, 1.807) is 0 Å². The Morgan fingerprint density at radius 1 is 0.448 bits per heavy atom. The highest BCUT2D eigenvalue weighted by Gasteiger charge is 2.37. The van der Waals surface area contributed by atoms with Gasteiger partial charge in [-0.3, -0.25) is 0 Å². The zero-order valence-electron chi connectivity index (χ0n) is 36.1. The van der Waals surface area contributed by atoms with Crippen molar-refractivity contribution in [2.24, 2.45) is 0 Å². The molecule has 12 rings (SSSR count). The van der Waals surface area contributed by atoms with Crippen LogP contribution in [0.3, 0.4) is 0 Å². The van der Waals surface area contributed by atoms with E-state index >= 15 is 0 Å². The molecule has 1 aliphatic carbocycles. The van der Waals surface area contributed by atoms with Crippen LogP contribution in [0.25, 0.3) is 60.0 Å². The normalized spacial score (nSPS) is 14.1. The predicted octanol–water partition coefficient (Wildman–Crippen LogP) is 15.2. The molecule has 0 fully saturated rings. The summed E-state index contributed by atoms with van der Waals surface area (Å²) in [5.74, 6) is 0. The topological polar surface area (TPSA) is 10.9 Å². The lowest BCUT2D eigenvalue weighted by Gasteiger charge is -2.28. The predicted molar refractivity (Wildman–Crippen MR) is 246 cm³/mol. The van der Waals surface area contributed by atoms with Gasteiger partial charge >= 0.3 is 0 Å². The van der Waals surface area contributed by atoms with Crippen LogP contribution in [0, 0.1) is 0 Å². The van der Waals surface area contributed by atoms with Gasteiger partial charge in [0.1, 0.15) is 0 Å². The van der Waals surface area contributed by atoms with E-state index in [0.717, 1.165) is 50.5 Å². The molecule has 0 spiro atoms. The SMILES string of the molecule is [2H]c1ccc(N(c2ccc([2H])cc2)c2ccc3c(c2)C(C)(C)c2ccc4cc5c6ccc(N(c7ccc([2H])cc7)c7ccc([2H])cc7)c7c8ccccc8n(c5cc4c2-3)c67)cc1. The van der Waals surface area contributed by atoms with Gasteiger partial charge in [-0.25, -0.2) is 0 Å². The summed E-state index contributed by atoms with van der Waals surface area (Å²) in [4.78, 5) is 4.47. The zero-order chi connectivity index (χ0) is 42.0. The highest BCUT2D eigenvalue weighted by Crippen LogP contribution is 2.54. The Labute approximate surface area is 343 Å². The van der Waals surface area contributed by atoms with Gasteiger partial charge < -0.3 is 14.2 Å². The molecule has 0 amide bonds. The Morgan fingerprint density at radius 2 is 1.05 bits per heavy atom. The van der Waals surface area contributed by atoms with E-state index in [9.17, 15) is 0 Å². The summed E-state index contributed by atoms with van der Waals surface area (Å²) in [7, 11) is 0. The van der Waals surface area contributed by atoms with Crippen molar-refractivity contribution in [1.29, 1.82) is 0 Å². The second-order valence-corrected chi connectivity index (χ2v) is 15.8. The number of benzene rings is 9. The van der Waals surface area contributed by atoms with Crippen LogP contribution in [0.4, 0.5) is 34.1 Å². The van der Waals surface area contributed by atoms with Crippen LogP contribution in [0.5, 0.6) is 0 Å². The second kappa shape index (κ2) is 12.3. The van der Waals surface area contributed by atoms with Crippen molar-refractivity contribution >= 4 is 83.0 Å². The Bertz CT molecular complexity index is 3480. The number of fused-ring (bicyclic) bond motifs is 11. The molecule has 0 bridgehead atoms. The Kier molecular flexibility index (Phi) is 6.15. The highest BCUT2D eigenvalue weighted by molar-refractivity contribution is 6.28. The molecule has 0 unspecified atom stereocenters. The fourth-order valence-electron chi connectivity index (χ4n) is 9.84. The number of aromatic nitrogens is 1. The largest absolute Gasteiger partial charge is 0.310 e. The van der Waals surface area contributed by atoms with Gasteiger partial charge in [-0.05, 0) is 118 Å². The fraction of sp³-hybridized carbons (Fsp3) is 0.0545. The number of hydrogen-bond donors (Lipinski definition) is 0. The van der Waals surface area contributed by atoms with E-state index in [1.165, 1.54) is 54.7 Å². The zero-order valence-corrected chi connectivity index (χ0v) is 32.1. The van der Waals surface area contributed by atoms with Gasteiger partial charge in [0.2, 0.25) is 0 Å². The molecule has 0 N–H and O–H groups in total. The van der Waals surface area contributed by atoms with Crippen LogP contribution in [-0.2, 0) is 5.41 Å². The van der Waals surface area contributed by atoms with Crippen LogP contribution in [0.1, 0.15) is 30.5 Å². The lowest BCUT2D eigenvalue weighted by molar-refractivity contribution is 0.661. The van der Waals surface area contributed by atoms with Gasteiger partial charge in [0.15, 0.2) is 0 Å². The average molecular weight is 746 g/mol. The molecule has 0 aliphatic heterocycles. The molecule has 0 atom stereocenters. The molecule has 0 radical (unpaired) electrons. The second-order valence-electron chi connectivity index (χ2n) is 15.8. The third-order valence-corrected chi connectivity index (χ3v) is 12.4. The van der Waals surface area contributed by atoms with Gasteiger partial charge in [-0.15, -0.1) is 0 Å². The minimum Gasteiger partial charge on any atom is -0.310 e. The lowest BCUT2D eigenvalue weighted by atomic mass is 9.82. The van der Waals surface area contributed by atoms with E-state index in [-0.39, 0.29) is 5.41 Å². The monoisotopic (exact) mass is 745 g/mol. The first-order valence-corrected chi connectivity index (χ1v) is 19.8. The summed E-state index contributed by atoms with van der Waals surface area (Å²) in [5.41, 5.74) is 14.2. The molecule has 2 aromatic heterocycles. The number of hydrogen-bond acceptors (Lipinski definition) is 2. The number of rotatable bonds is 6. The van der Waals surface area contributed by atoms with Crippen molar-refractivity contribution in [2.75, 3.05) is 9.80 Å². The van der Waals surface area contributed by atoms with Crippen molar-refractivity contribution in [3.63, 3.8) is 0 Å². The molecule has 3 heteroatoms. The van der Waals surface area contributed by atoms with Gasteiger partial charge in [0.05, 0.1) is 27.7 Å². The maximum Gasteiger partial charge on any atom is 0.0641 e. The van der Waals surface area contributed by atoms with Crippen LogP contribution < -0.4 is 9.80 Å². The van der Waals surface area contributed by atoms with Gasteiger partial charge in [0.25, 0.3) is 0 Å². The van der Waals surface area contributed by atoms with E-state index < -0.39 is 0 Å². The number of para-hydroxylation sites is 5. The molecular formula is C55H39N3. The molecule has 0 saturated carbocycles. The molecule has 58 heavy (non-hydrogen) atoms. The molecule has 1 aliphatic rings. The lowest BCUT2D eigenvalue weighted by Crippen LogP contribution is -2.16. The first-order chi connectivity index (χ1) is 30.1. The quantitative estimate of drug-likeness (QED) is 0.168. The summed E-state index contributed by atoms with van der Waals surface area (Å²) in [6.07, 6.45) is 0. The Morgan fingerprint density at radius 3 is 1.69 bits per heavy atom. The minimum absolute atomic E-state index is 0.277. The van der Waals surface area contributed by atoms with Crippen molar-refractivity contribution < 1.29 is 5.48 Å². The average Bonchev–Trinajstić information content (AvgIpc) is 3.88. The summed E-state index contributed by atoms with van der Waals surface area (Å²) in [5, 5.41) is 7.15. The van der Waals surface area contributed by atoms with Crippen LogP contribution in [0.15, 0.2) is 200 Å². The van der Waals surface area contributed by atoms with E-state index in [1.807, 2.05) is 97.1 Å². The van der Waals surface area contributed by atoms with Crippen molar-refractivity contribution in [1.82, 2.24) is 4.40 Å². The van der Waals surface area contributed by atoms with Crippen molar-refractivity contribution in [3.8, 4) is 11.1 Å². The molecule has 9 aromatic carbocycles. The Hall–Kier alpha value is -7.36. The highest BCUT2D eigenvalue weighted by atomic mass is 15.2. The van der Waals surface area contributed by atoms with E-state index in [0.29, 0.717) is 24.2 Å². The molecular weight excluding hydrogens is 703 g/mol. The maximum atomic E-state index is 8.24. The number of anilines is 6. The summed E-state index contributed by atoms with van der Waals surface area (Å²) in [6.45, 7) is 4.66. The molecule has 11 aromatic rings. The first-order valence-electron chi connectivity index (χ1n) is 21.8. The molecule has 2 heterocycles. The van der Waals surface area contributed by atoms with Crippen LogP contribution in [0.2, 0.25) is 0 Å². The third kappa shape index (κ3) is 4.62. The van der Waals surface area contributed by atoms with Crippen LogP contribution >= 0.6 is 0 Å². The molecule has 274 valence electrons. The van der Waals surface area contributed by atoms with E-state index in [4.69, 9.17) is 5.48 Å². The third-order valence-electron chi connectivity index (χ3n) is 12.4. The van der Waals surface area contributed by atoms with Gasteiger partial charge in [-0.2, -0.15) is 0 Å². The summed E-state index contributed by atoms with van der Waals surface area (Å²) in [6, 6.07) is 61.9. The smallest absolute Gasteiger partial charge is 0.0641 e. The molecule has 3 nitrogen and oxygen atoms in total. The van der Waals surface area contributed by atoms with Crippen molar-refractivity contribution in [3.05, 3.63) is 211 Å². The van der Waals surface area contributed by atoms with Gasteiger partial charge in [-0.1, -0.05) is 129 Å². The van der Waals surface area contributed by atoms with Crippen molar-refractivity contribution in [2.45, 2.75) is 19.3 Å². The minimum atomic E-state index is -0.277. The fourth-order valence-corrected chi connectivity index (χ4v) is 9.84. The molecule has 0 saturated heterocycles. The Balaban J connectivity index is 1.09. The van der Waals surface area contributed by atoms with Crippen LogP contribution in [-0.4, -0.2) is 4.40 Å². The van der Waals surface area contributed by atoms with E-state index in [2.05, 4.69) is 107 Å².